The maximum absolute atomic E-state index is 13.0. The van der Waals surface area contributed by atoms with E-state index in [0.717, 1.165) is 5.56 Å². The second-order valence-corrected chi connectivity index (χ2v) is 6.28. The van der Waals surface area contributed by atoms with Crippen LogP contribution in [0.5, 0.6) is 5.75 Å². The summed E-state index contributed by atoms with van der Waals surface area (Å²) in [6.45, 7) is 1.22. The first-order chi connectivity index (χ1) is 13.1. The summed E-state index contributed by atoms with van der Waals surface area (Å²) in [5, 5.41) is 5.59. The maximum Gasteiger partial charge on any atom is 0.255 e. The van der Waals surface area contributed by atoms with Crippen LogP contribution in [0.1, 0.15) is 15.9 Å². The Morgan fingerprint density at radius 1 is 1.22 bits per heavy atom. The molecular formula is C20H21FN2O4. The number of anilines is 1. The van der Waals surface area contributed by atoms with E-state index >= 15 is 0 Å². The molecule has 1 atom stereocenters. The van der Waals surface area contributed by atoms with E-state index < -0.39 is 5.82 Å². The second-order valence-electron chi connectivity index (χ2n) is 6.28. The van der Waals surface area contributed by atoms with Crippen molar-refractivity contribution in [2.24, 2.45) is 5.92 Å². The molecule has 1 aliphatic rings. The maximum atomic E-state index is 13.0. The molecule has 0 bridgehead atoms. The highest BCUT2D eigenvalue weighted by Gasteiger charge is 2.26. The SMILES string of the molecule is COCCNC(=O)[C@@H]1COc2ccc(NC(=O)c3ccc(F)cc3)cc2C1. The Bertz CT molecular complexity index is 823. The van der Waals surface area contributed by atoms with Gasteiger partial charge in [-0.25, -0.2) is 4.39 Å². The molecule has 0 aromatic heterocycles. The number of ether oxygens (including phenoxy) is 2. The fourth-order valence-electron chi connectivity index (χ4n) is 2.87. The summed E-state index contributed by atoms with van der Waals surface area (Å²) in [4.78, 5) is 24.5. The fourth-order valence-corrected chi connectivity index (χ4v) is 2.87. The molecule has 0 saturated carbocycles. The standard InChI is InChI=1S/C20H21FN2O4/c1-26-9-8-22-19(24)15-10-14-11-17(6-7-18(14)27-12-15)23-20(25)13-2-4-16(21)5-3-13/h2-7,11,15H,8-10,12H2,1H3,(H,22,24)(H,23,25)/t15-/m0/s1. The molecule has 3 rings (SSSR count). The molecule has 2 N–H and O–H groups in total. The predicted octanol–water partition coefficient (Wildman–Crippen LogP) is 2.39. The Morgan fingerprint density at radius 3 is 2.74 bits per heavy atom. The lowest BCUT2D eigenvalue weighted by atomic mass is 9.95. The van der Waals surface area contributed by atoms with Crippen molar-refractivity contribution >= 4 is 17.5 Å². The van der Waals surface area contributed by atoms with Gasteiger partial charge in [-0.05, 0) is 54.4 Å². The summed E-state index contributed by atoms with van der Waals surface area (Å²) in [5.41, 5.74) is 1.80. The van der Waals surface area contributed by atoms with Crippen LogP contribution < -0.4 is 15.4 Å². The van der Waals surface area contributed by atoms with E-state index in [-0.39, 0.29) is 17.7 Å². The second kappa shape index (κ2) is 8.64. The third-order valence-corrected chi connectivity index (χ3v) is 4.31. The minimum atomic E-state index is -0.396. The first kappa shape index (κ1) is 18.8. The number of nitrogens with one attached hydrogen (secondary N) is 2. The summed E-state index contributed by atoms with van der Waals surface area (Å²) in [6, 6.07) is 10.6. The molecular weight excluding hydrogens is 351 g/mol. The monoisotopic (exact) mass is 372 g/mol. The van der Waals surface area contributed by atoms with Crippen molar-refractivity contribution < 1.29 is 23.5 Å². The Kier molecular flexibility index (Phi) is 6.03. The smallest absolute Gasteiger partial charge is 0.255 e. The largest absolute Gasteiger partial charge is 0.492 e. The number of carbonyl (C=O) groups is 2. The van der Waals surface area contributed by atoms with Crippen LogP contribution in [0.25, 0.3) is 0 Å². The van der Waals surface area contributed by atoms with Crippen LogP contribution in [0.3, 0.4) is 0 Å². The molecule has 2 amide bonds. The summed E-state index contributed by atoms with van der Waals surface area (Å²) in [6.07, 6.45) is 0.522. The molecule has 0 aliphatic carbocycles. The van der Waals surface area contributed by atoms with Crippen molar-refractivity contribution in [3.8, 4) is 5.75 Å². The van der Waals surface area contributed by atoms with Crippen LogP contribution in [0.4, 0.5) is 10.1 Å². The molecule has 0 saturated heterocycles. The van der Waals surface area contributed by atoms with Crippen LogP contribution >= 0.6 is 0 Å². The number of hydrogen-bond donors (Lipinski definition) is 2. The number of fused-ring (bicyclic) bond motifs is 1. The van der Waals surface area contributed by atoms with Gasteiger partial charge < -0.3 is 20.1 Å². The lowest BCUT2D eigenvalue weighted by Crippen LogP contribution is -2.38. The average molecular weight is 372 g/mol. The molecule has 0 fully saturated rings. The highest BCUT2D eigenvalue weighted by molar-refractivity contribution is 6.04. The summed E-state index contributed by atoms with van der Waals surface area (Å²) >= 11 is 0. The van der Waals surface area contributed by atoms with Crippen LogP contribution in [-0.4, -0.2) is 38.7 Å². The number of benzene rings is 2. The van der Waals surface area contributed by atoms with E-state index in [2.05, 4.69) is 10.6 Å². The lowest BCUT2D eigenvalue weighted by Gasteiger charge is -2.25. The van der Waals surface area contributed by atoms with Crippen molar-refractivity contribution in [1.29, 1.82) is 0 Å². The van der Waals surface area contributed by atoms with Crippen molar-refractivity contribution in [2.45, 2.75) is 6.42 Å². The Morgan fingerprint density at radius 2 is 2.00 bits per heavy atom. The zero-order chi connectivity index (χ0) is 19.2. The first-order valence-electron chi connectivity index (χ1n) is 8.66. The summed E-state index contributed by atoms with van der Waals surface area (Å²) in [5.74, 6) is -0.403. The minimum Gasteiger partial charge on any atom is -0.492 e. The van der Waals surface area contributed by atoms with Gasteiger partial charge in [-0.2, -0.15) is 0 Å². The van der Waals surface area contributed by atoms with Gasteiger partial charge in [-0.15, -0.1) is 0 Å². The van der Waals surface area contributed by atoms with Crippen molar-refractivity contribution in [2.75, 3.05) is 32.2 Å². The topological polar surface area (TPSA) is 76.7 Å². The van der Waals surface area contributed by atoms with Gasteiger partial charge in [0.05, 0.1) is 12.5 Å². The summed E-state index contributed by atoms with van der Waals surface area (Å²) in [7, 11) is 1.58. The average Bonchev–Trinajstić information content (AvgIpc) is 2.68. The molecule has 2 aromatic rings. The van der Waals surface area contributed by atoms with Crippen LogP contribution in [0.2, 0.25) is 0 Å². The molecule has 7 heteroatoms. The molecule has 1 heterocycles. The Balaban J connectivity index is 1.65. The van der Waals surface area contributed by atoms with Crippen LogP contribution in [-0.2, 0) is 16.0 Å². The number of halogens is 1. The highest BCUT2D eigenvalue weighted by Crippen LogP contribution is 2.30. The van der Waals surface area contributed by atoms with Gasteiger partial charge in [0.15, 0.2) is 0 Å². The van der Waals surface area contributed by atoms with Crippen molar-refractivity contribution in [3.05, 3.63) is 59.4 Å². The summed E-state index contributed by atoms with van der Waals surface area (Å²) < 4.78 is 23.6. The molecule has 1 aliphatic heterocycles. The van der Waals surface area contributed by atoms with Gasteiger partial charge in [0.2, 0.25) is 5.91 Å². The van der Waals surface area contributed by atoms with Crippen LogP contribution in [0.15, 0.2) is 42.5 Å². The van der Waals surface area contributed by atoms with Gasteiger partial charge >= 0.3 is 0 Å². The van der Waals surface area contributed by atoms with Gasteiger partial charge in [0.1, 0.15) is 18.2 Å². The zero-order valence-corrected chi connectivity index (χ0v) is 15.0. The molecule has 0 spiro atoms. The van der Waals surface area contributed by atoms with E-state index in [1.54, 1.807) is 25.3 Å². The van der Waals surface area contributed by atoms with Crippen molar-refractivity contribution in [1.82, 2.24) is 5.32 Å². The molecule has 2 aromatic carbocycles. The van der Waals surface area contributed by atoms with E-state index in [1.807, 2.05) is 0 Å². The normalized spacial score (nSPS) is 15.4. The Hall–Kier alpha value is -2.93. The fraction of sp³-hybridized carbons (Fsp3) is 0.300. The van der Waals surface area contributed by atoms with Gasteiger partial charge in [0, 0.05) is 24.9 Å². The van der Waals surface area contributed by atoms with E-state index in [0.29, 0.717) is 43.2 Å². The molecule has 0 unspecified atom stereocenters. The number of methoxy groups -OCH3 is 1. The third-order valence-electron chi connectivity index (χ3n) is 4.31. The Labute approximate surface area is 156 Å². The van der Waals surface area contributed by atoms with Gasteiger partial charge in [0.25, 0.3) is 5.91 Å². The number of carbonyl (C=O) groups excluding carboxylic acids is 2. The quantitative estimate of drug-likeness (QED) is 0.764. The van der Waals surface area contributed by atoms with Gasteiger partial charge in [-0.1, -0.05) is 0 Å². The van der Waals surface area contributed by atoms with E-state index in [4.69, 9.17) is 9.47 Å². The molecule has 0 radical (unpaired) electrons. The first-order valence-corrected chi connectivity index (χ1v) is 8.66. The number of rotatable bonds is 6. The molecule has 6 nitrogen and oxygen atoms in total. The third kappa shape index (κ3) is 4.83. The van der Waals surface area contributed by atoms with E-state index in [1.165, 1.54) is 24.3 Å². The van der Waals surface area contributed by atoms with Crippen LogP contribution in [0, 0.1) is 11.7 Å². The number of amides is 2. The van der Waals surface area contributed by atoms with Crippen molar-refractivity contribution in [3.63, 3.8) is 0 Å². The molecule has 142 valence electrons. The highest BCUT2D eigenvalue weighted by atomic mass is 19.1. The zero-order valence-electron chi connectivity index (χ0n) is 15.0. The van der Waals surface area contributed by atoms with Gasteiger partial charge in [-0.3, -0.25) is 9.59 Å². The predicted molar refractivity (Wildman–Crippen MR) is 98.4 cm³/mol. The van der Waals surface area contributed by atoms with E-state index in [9.17, 15) is 14.0 Å². The lowest BCUT2D eigenvalue weighted by molar-refractivity contribution is -0.126. The number of hydrogen-bond acceptors (Lipinski definition) is 4. The molecule has 27 heavy (non-hydrogen) atoms. The minimum absolute atomic E-state index is 0.0848.